The molecule has 2 aromatic rings. The zero-order valence-corrected chi connectivity index (χ0v) is 13.3. The summed E-state index contributed by atoms with van der Waals surface area (Å²) in [6.45, 7) is 7.48. The lowest BCUT2D eigenvalue weighted by Crippen LogP contribution is -2.39. The minimum absolute atomic E-state index is 0.302. The SMILES string of the molecule is Cc1nc(N2CCCC(C(=O)O)C2)c2c(C)c(C)sc2n1. The van der Waals surface area contributed by atoms with Gasteiger partial charge >= 0.3 is 5.97 Å². The van der Waals surface area contributed by atoms with Gasteiger partial charge in [-0.3, -0.25) is 4.79 Å². The van der Waals surface area contributed by atoms with Crippen molar-refractivity contribution in [2.24, 2.45) is 5.92 Å². The van der Waals surface area contributed by atoms with E-state index in [1.165, 1.54) is 10.4 Å². The molecule has 1 atom stereocenters. The number of anilines is 1. The average molecular weight is 305 g/mol. The Balaban J connectivity index is 2.09. The number of nitrogens with zero attached hydrogens (tertiary/aromatic N) is 3. The lowest BCUT2D eigenvalue weighted by atomic mass is 9.98. The Kier molecular flexibility index (Phi) is 3.57. The van der Waals surface area contributed by atoms with E-state index < -0.39 is 5.97 Å². The molecule has 0 bridgehead atoms. The second kappa shape index (κ2) is 5.26. The van der Waals surface area contributed by atoms with Crippen LogP contribution in [-0.2, 0) is 4.79 Å². The van der Waals surface area contributed by atoms with E-state index in [0.29, 0.717) is 6.54 Å². The van der Waals surface area contributed by atoms with Gasteiger partial charge in [-0.05, 0) is 39.2 Å². The number of aryl methyl sites for hydroxylation is 3. The molecular formula is C15H19N3O2S. The number of hydrogen-bond donors (Lipinski definition) is 1. The highest BCUT2D eigenvalue weighted by atomic mass is 32.1. The van der Waals surface area contributed by atoms with E-state index >= 15 is 0 Å². The number of carboxylic acid groups (broad SMARTS) is 1. The maximum Gasteiger partial charge on any atom is 0.308 e. The Morgan fingerprint density at radius 3 is 2.81 bits per heavy atom. The molecule has 1 unspecified atom stereocenters. The molecule has 6 heteroatoms. The summed E-state index contributed by atoms with van der Waals surface area (Å²) in [6.07, 6.45) is 1.64. The van der Waals surface area contributed by atoms with Crippen molar-refractivity contribution in [1.29, 1.82) is 0 Å². The third-order valence-electron chi connectivity index (χ3n) is 4.19. The van der Waals surface area contributed by atoms with Crippen molar-refractivity contribution >= 4 is 33.3 Å². The number of fused-ring (bicyclic) bond motifs is 1. The average Bonchev–Trinajstić information content (AvgIpc) is 2.73. The second-order valence-electron chi connectivity index (χ2n) is 5.68. The number of aliphatic carboxylic acids is 1. The van der Waals surface area contributed by atoms with E-state index in [4.69, 9.17) is 0 Å². The molecule has 0 spiro atoms. The molecule has 0 saturated carbocycles. The molecule has 1 saturated heterocycles. The molecule has 21 heavy (non-hydrogen) atoms. The van der Waals surface area contributed by atoms with Crippen molar-refractivity contribution in [1.82, 2.24) is 9.97 Å². The maximum absolute atomic E-state index is 11.3. The number of carboxylic acids is 1. The van der Waals surface area contributed by atoms with Crippen LogP contribution in [0.1, 0.15) is 29.1 Å². The summed E-state index contributed by atoms with van der Waals surface area (Å²) in [5, 5.41) is 10.4. The van der Waals surface area contributed by atoms with Gasteiger partial charge in [0.1, 0.15) is 16.5 Å². The minimum atomic E-state index is -0.708. The molecule has 3 rings (SSSR count). The van der Waals surface area contributed by atoms with E-state index in [-0.39, 0.29) is 5.92 Å². The van der Waals surface area contributed by atoms with Crippen molar-refractivity contribution in [3.05, 3.63) is 16.3 Å². The summed E-state index contributed by atoms with van der Waals surface area (Å²) >= 11 is 1.68. The molecular weight excluding hydrogens is 286 g/mol. The third-order valence-corrected chi connectivity index (χ3v) is 5.29. The van der Waals surface area contributed by atoms with E-state index in [2.05, 4.69) is 28.7 Å². The Morgan fingerprint density at radius 2 is 2.10 bits per heavy atom. The predicted molar refractivity (Wildman–Crippen MR) is 84.2 cm³/mol. The molecule has 112 valence electrons. The normalized spacial score (nSPS) is 19.2. The highest BCUT2D eigenvalue weighted by Crippen LogP contribution is 2.36. The zero-order valence-electron chi connectivity index (χ0n) is 12.5. The van der Waals surface area contributed by atoms with Gasteiger partial charge in [-0.15, -0.1) is 11.3 Å². The number of rotatable bonds is 2. The molecule has 0 radical (unpaired) electrons. The fraction of sp³-hybridized carbons (Fsp3) is 0.533. The van der Waals surface area contributed by atoms with E-state index in [1.54, 1.807) is 11.3 Å². The molecule has 5 nitrogen and oxygen atoms in total. The van der Waals surface area contributed by atoms with Gasteiger partial charge in [-0.2, -0.15) is 0 Å². The second-order valence-corrected chi connectivity index (χ2v) is 6.88. The zero-order chi connectivity index (χ0) is 15.1. The van der Waals surface area contributed by atoms with E-state index in [1.807, 2.05) is 6.92 Å². The fourth-order valence-electron chi connectivity index (χ4n) is 2.93. The summed E-state index contributed by atoms with van der Waals surface area (Å²) in [6, 6.07) is 0. The van der Waals surface area contributed by atoms with Crippen LogP contribution in [0.3, 0.4) is 0 Å². The standard InChI is InChI=1S/C15H19N3O2S/c1-8-9(2)21-14-12(8)13(16-10(3)17-14)18-6-4-5-11(7-18)15(19)20/h11H,4-7H2,1-3H3,(H,19,20). The number of aromatic nitrogens is 2. The predicted octanol–water partition coefficient (Wildman–Crippen LogP) is 2.92. The molecule has 1 fully saturated rings. The van der Waals surface area contributed by atoms with E-state index in [9.17, 15) is 9.90 Å². The van der Waals surface area contributed by atoms with Crippen molar-refractivity contribution in [3.8, 4) is 0 Å². The summed E-state index contributed by atoms with van der Waals surface area (Å²) < 4.78 is 0. The topological polar surface area (TPSA) is 66.3 Å². The smallest absolute Gasteiger partial charge is 0.308 e. The van der Waals surface area contributed by atoms with Crippen LogP contribution in [0, 0.1) is 26.7 Å². The summed E-state index contributed by atoms with van der Waals surface area (Å²) in [5.41, 5.74) is 1.21. The Morgan fingerprint density at radius 1 is 1.33 bits per heavy atom. The van der Waals surface area contributed by atoms with Gasteiger partial charge in [0.2, 0.25) is 0 Å². The Labute approximate surface area is 127 Å². The molecule has 0 aliphatic carbocycles. The van der Waals surface area contributed by atoms with Crippen LogP contribution in [0.15, 0.2) is 0 Å². The van der Waals surface area contributed by atoms with E-state index in [0.717, 1.165) is 41.2 Å². The number of carbonyl (C=O) groups is 1. The molecule has 0 aromatic carbocycles. The van der Waals surface area contributed by atoms with Gasteiger partial charge in [0.15, 0.2) is 0 Å². The van der Waals surface area contributed by atoms with Crippen LogP contribution in [0.5, 0.6) is 0 Å². The summed E-state index contributed by atoms with van der Waals surface area (Å²) in [5.74, 6) is 0.644. The van der Waals surface area contributed by atoms with Gasteiger partial charge < -0.3 is 10.0 Å². The van der Waals surface area contributed by atoms with Gasteiger partial charge in [0.25, 0.3) is 0 Å². The van der Waals surface area contributed by atoms with Crippen LogP contribution in [0.4, 0.5) is 5.82 Å². The van der Waals surface area contributed by atoms with Crippen molar-refractivity contribution in [2.75, 3.05) is 18.0 Å². The van der Waals surface area contributed by atoms with Crippen molar-refractivity contribution < 1.29 is 9.90 Å². The lowest BCUT2D eigenvalue weighted by Gasteiger charge is -2.32. The number of thiophene rings is 1. The first kappa shape index (κ1) is 14.3. The van der Waals surface area contributed by atoms with Crippen LogP contribution in [-0.4, -0.2) is 34.1 Å². The summed E-state index contributed by atoms with van der Waals surface area (Å²) in [4.78, 5) is 24.8. The number of piperidine rings is 1. The van der Waals surface area contributed by atoms with Gasteiger partial charge in [-0.1, -0.05) is 0 Å². The van der Waals surface area contributed by atoms with Crippen LogP contribution in [0.2, 0.25) is 0 Å². The minimum Gasteiger partial charge on any atom is -0.481 e. The number of hydrogen-bond acceptors (Lipinski definition) is 5. The first-order valence-corrected chi connectivity index (χ1v) is 8.01. The monoisotopic (exact) mass is 305 g/mol. The highest BCUT2D eigenvalue weighted by Gasteiger charge is 2.28. The van der Waals surface area contributed by atoms with Crippen molar-refractivity contribution in [3.63, 3.8) is 0 Å². The largest absolute Gasteiger partial charge is 0.481 e. The molecule has 0 amide bonds. The van der Waals surface area contributed by atoms with Crippen molar-refractivity contribution in [2.45, 2.75) is 33.6 Å². The van der Waals surface area contributed by atoms with Gasteiger partial charge in [0, 0.05) is 18.0 Å². The molecule has 1 aliphatic heterocycles. The van der Waals surface area contributed by atoms with Crippen LogP contribution < -0.4 is 4.90 Å². The van der Waals surface area contributed by atoms with Crippen LogP contribution in [0.25, 0.3) is 10.2 Å². The molecule has 3 heterocycles. The van der Waals surface area contributed by atoms with Gasteiger partial charge in [0.05, 0.1) is 11.3 Å². The highest BCUT2D eigenvalue weighted by molar-refractivity contribution is 7.18. The fourth-order valence-corrected chi connectivity index (χ4v) is 4.00. The first-order chi connectivity index (χ1) is 9.97. The first-order valence-electron chi connectivity index (χ1n) is 7.19. The Bertz CT molecular complexity index is 710. The van der Waals surface area contributed by atoms with Crippen LogP contribution >= 0.6 is 11.3 Å². The quantitative estimate of drug-likeness (QED) is 0.924. The molecule has 1 aliphatic rings. The molecule has 1 N–H and O–H groups in total. The van der Waals surface area contributed by atoms with Gasteiger partial charge in [-0.25, -0.2) is 9.97 Å². The Hall–Kier alpha value is -1.69. The third kappa shape index (κ3) is 2.48. The summed E-state index contributed by atoms with van der Waals surface area (Å²) in [7, 11) is 0. The molecule has 2 aromatic heterocycles. The maximum atomic E-state index is 11.3. The lowest BCUT2D eigenvalue weighted by molar-refractivity contribution is -0.141.